The molecule has 0 bridgehead atoms. The molecule has 2 atom stereocenters. The standard InChI is InChI=1S/C15H24N2O3/c1-3-11-6-4-5-7-14(11)19-9-12-8-13(10(2)20-12)15(18)17-16/h8,11,14H,3-7,9,16H2,1-2H3,(H,17,18). The van der Waals surface area contributed by atoms with Crippen molar-refractivity contribution in [2.75, 3.05) is 0 Å². The van der Waals surface area contributed by atoms with Crippen LogP contribution in [0.1, 0.15) is 60.9 Å². The van der Waals surface area contributed by atoms with E-state index in [0.717, 1.165) is 12.8 Å². The van der Waals surface area contributed by atoms with Gasteiger partial charge in [0, 0.05) is 0 Å². The Labute approximate surface area is 119 Å². The fourth-order valence-electron chi connectivity index (χ4n) is 2.97. The SMILES string of the molecule is CCC1CCCCC1OCc1cc(C(=O)NN)c(C)o1. The quantitative estimate of drug-likeness (QED) is 0.494. The van der Waals surface area contributed by atoms with Gasteiger partial charge in [-0.2, -0.15) is 0 Å². The number of aryl methyl sites for hydroxylation is 1. The average molecular weight is 280 g/mol. The maximum atomic E-state index is 11.5. The summed E-state index contributed by atoms with van der Waals surface area (Å²) >= 11 is 0. The summed E-state index contributed by atoms with van der Waals surface area (Å²) < 4.78 is 11.6. The number of hydrazine groups is 1. The monoisotopic (exact) mass is 280 g/mol. The van der Waals surface area contributed by atoms with Gasteiger partial charge < -0.3 is 9.15 Å². The molecule has 1 aromatic rings. The number of ether oxygens (including phenoxy) is 1. The van der Waals surface area contributed by atoms with Gasteiger partial charge in [-0.15, -0.1) is 0 Å². The van der Waals surface area contributed by atoms with Crippen LogP contribution in [0.5, 0.6) is 0 Å². The summed E-state index contributed by atoms with van der Waals surface area (Å²) in [6, 6.07) is 1.71. The van der Waals surface area contributed by atoms with E-state index in [0.29, 0.717) is 35.7 Å². The molecule has 5 heteroatoms. The smallest absolute Gasteiger partial charge is 0.268 e. The zero-order valence-corrected chi connectivity index (χ0v) is 12.3. The van der Waals surface area contributed by atoms with Crippen molar-refractivity contribution < 1.29 is 13.9 Å². The molecular formula is C15H24N2O3. The Morgan fingerprint density at radius 1 is 1.50 bits per heavy atom. The molecule has 0 spiro atoms. The topological polar surface area (TPSA) is 77.5 Å². The summed E-state index contributed by atoms with van der Waals surface area (Å²) in [4.78, 5) is 11.5. The van der Waals surface area contributed by atoms with Gasteiger partial charge in [-0.1, -0.05) is 26.2 Å². The molecular weight excluding hydrogens is 256 g/mol. The Morgan fingerprint density at radius 2 is 2.25 bits per heavy atom. The van der Waals surface area contributed by atoms with Crippen LogP contribution in [0.2, 0.25) is 0 Å². The molecule has 3 N–H and O–H groups in total. The van der Waals surface area contributed by atoms with E-state index in [-0.39, 0.29) is 5.91 Å². The average Bonchev–Trinajstić information content (AvgIpc) is 2.85. The first kappa shape index (κ1) is 15.1. The highest BCUT2D eigenvalue weighted by atomic mass is 16.5. The maximum Gasteiger partial charge on any atom is 0.268 e. The van der Waals surface area contributed by atoms with Crippen LogP contribution < -0.4 is 11.3 Å². The highest BCUT2D eigenvalue weighted by Crippen LogP contribution is 2.30. The number of hydrogen-bond acceptors (Lipinski definition) is 4. The van der Waals surface area contributed by atoms with Gasteiger partial charge in [-0.05, 0) is 31.7 Å². The third-order valence-electron chi connectivity index (χ3n) is 4.15. The highest BCUT2D eigenvalue weighted by Gasteiger charge is 2.25. The van der Waals surface area contributed by atoms with Crippen LogP contribution in [-0.4, -0.2) is 12.0 Å². The van der Waals surface area contributed by atoms with Crippen LogP contribution in [0.15, 0.2) is 10.5 Å². The lowest BCUT2D eigenvalue weighted by molar-refractivity contribution is -0.0285. The Bertz CT molecular complexity index is 456. The zero-order valence-electron chi connectivity index (χ0n) is 12.3. The normalized spacial score (nSPS) is 22.8. The highest BCUT2D eigenvalue weighted by molar-refractivity contribution is 5.94. The number of nitrogens with two attached hydrogens (primary N) is 1. The van der Waals surface area contributed by atoms with E-state index in [1.807, 2.05) is 0 Å². The second-order valence-electron chi connectivity index (χ2n) is 5.46. The largest absolute Gasteiger partial charge is 0.463 e. The predicted molar refractivity (Wildman–Crippen MR) is 75.9 cm³/mol. The van der Waals surface area contributed by atoms with Gasteiger partial charge in [0.15, 0.2) is 0 Å². The van der Waals surface area contributed by atoms with Crippen molar-refractivity contribution in [2.24, 2.45) is 11.8 Å². The van der Waals surface area contributed by atoms with Gasteiger partial charge in [-0.25, -0.2) is 5.84 Å². The molecule has 0 aliphatic heterocycles. The summed E-state index contributed by atoms with van der Waals surface area (Å²) in [5, 5.41) is 0. The summed E-state index contributed by atoms with van der Waals surface area (Å²) in [6.07, 6.45) is 6.37. The first-order chi connectivity index (χ1) is 9.65. The van der Waals surface area contributed by atoms with Crippen LogP contribution in [0.4, 0.5) is 0 Å². The van der Waals surface area contributed by atoms with E-state index in [9.17, 15) is 4.79 Å². The van der Waals surface area contributed by atoms with Crippen molar-refractivity contribution in [1.82, 2.24) is 5.43 Å². The molecule has 0 radical (unpaired) electrons. The molecule has 1 aliphatic carbocycles. The molecule has 20 heavy (non-hydrogen) atoms. The fraction of sp³-hybridized carbons (Fsp3) is 0.667. The van der Waals surface area contributed by atoms with E-state index in [2.05, 4.69) is 12.3 Å². The van der Waals surface area contributed by atoms with Gasteiger partial charge in [0.05, 0.1) is 11.7 Å². The maximum absolute atomic E-state index is 11.5. The minimum Gasteiger partial charge on any atom is -0.463 e. The molecule has 0 saturated heterocycles. The molecule has 2 rings (SSSR count). The van der Waals surface area contributed by atoms with Crippen LogP contribution in [0.3, 0.4) is 0 Å². The van der Waals surface area contributed by atoms with Crippen LogP contribution in [0.25, 0.3) is 0 Å². The number of carbonyl (C=O) groups excluding carboxylic acids is 1. The minimum atomic E-state index is -0.332. The van der Waals surface area contributed by atoms with E-state index >= 15 is 0 Å². The van der Waals surface area contributed by atoms with Crippen molar-refractivity contribution in [2.45, 2.75) is 58.7 Å². The zero-order chi connectivity index (χ0) is 14.5. The number of rotatable bonds is 5. The second kappa shape index (κ2) is 6.90. The van der Waals surface area contributed by atoms with Gasteiger partial charge >= 0.3 is 0 Å². The lowest BCUT2D eigenvalue weighted by Crippen LogP contribution is -2.30. The summed E-state index contributed by atoms with van der Waals surface area (Å²) in [5.74, 6) is 6.70. The molecule has 5 nitrogen and oxygen atoms in total. The molecule has 1 aliphatic rings. The first-order valence-electron chi connectivity index (χ1n) is 7.37. The van der Waals surface area contributed by atoms with Crippen molar-refractivity contribution in [1.29, 1.82) is 0 Å². The summed E-state index contributed by atoms with van der Waals surface area (Å²) in [7, 11) is 0. The Balaban J connectivity index is 1.95. The number of amides is 1. The first-order valence-corrected chi connectivity index (χ1v) is 7.37. The third-order valence-corrected chi connectivity index (χ3v) is 4.15. The lowest BCUT2D eigenvalue weighted by atomic mass is 9.85. The third kappa shape index (κ3) is 3.41. The van der Waals surface area contributed by atoms with Crippen molar-refractivity contribution >= 4 is 5.91 Å². The summed E-state index contributed by atoms with van der Waals surface area (Å²) in [5.41, 5.74) is 2.59. The molecule has 1 saturated carbocycles. The number of nitrogens with one attached hydrogen (secondary N) is 1. The van der Waals surface area contributed by atoms with Crippen LogP contribution in [0, 0.1) is 12.8 Å². The number of hydrogen-bond donors (Lipinski definition) is 2. The molecule has 1 heterocycles. The number of furan rings is 1. The second-order valence-corrected chi connectivity index (χ2v) is 5.46. The van der Waals surface area contributed by atoms with E-state index < -0.39 is 0 Å². The number of carbonyl (C=O) groups is 1. The van der Waals surface area contributed by atoms with Gasteiger partial charge in [0.1, 0.15) is 18.1 Å². The van der Waals surface area contributed by atoms with Gasteiger partial charge in [0.25, 0.3) is 5.91 Å². The van der Waals surface area contributed by atoms with Crippen molar-refractivity contribution in [3.63, 3.8) is 0 Å². The molecule has 0 aromatic carbocycles. The molecule has 2 unspecified atom stereocenters. The predicted octanol–water partition coefficient (Wildman–Crippen LogP) is 2.68. The van der Waals surface area contributed by atoms with Crippen molar-refractivity contribution in [3.8, 4) is 0 Å². The van der Waals surface area contributed by atoms with E-state index in [4.69, 9.17) is 15.0 Å². The Kier molecular flexibility index (Phi) is 5.20. The molecule has 1 amide bonds. The molecule has 1 fully saturated rings. The summed E-state index contributed by atoms with van der Waals surface area (Å²) in [6.45, 7) is 4.39. The van der Waals surface area contributed by atoms with Gasteiger partial charge in [-0.3, -0.25) is 10.2 Å². The van der Waals surface area contributed by atoms with Crippen molar-refractivity contribution in [3.05, 3.63) is 23.2 Å². The Morgan fingerprint density at radius 3 is 2.95 bits per heavy atom. The minimum absolute atomic E-state index is 0.311. The van der Waals surface area contributed by atoms with Crippen LogP contribution >= 0.6 is 0 Å². The molecule has 1 aromatic heterocycles. The Hall–Kier alpha value is -1.33. The van der Waals surface area contributed by atoms with E-state index in [1.165, 1.54) is 19.3 Å². The fourth-order valence-corrected chi connectivity index (χ4v) is 2.97. The van der Waals surface area contributed by atoms with E-state index in [1.54, 1.807) is 13.0 Å². The number of nitrogen functional groups attached to an aromatic ring is 1. The van der Waals surface area contributed by atoms with Gasteiger partial charge in [0.2, 0.25) is 0 Å². The lowest BCUT2D eigenvalue weighted by Gasteiger charge is -2.30. The molecule has 112 valence electrons. The van der Waals surface area contributed by atoms with Crippen LogP contribution in [-0.2, 0) is 11.3 Å².